The fraction of sp³-hybridized carbons (Fsp3) is 0.211. The molecule has 27 heavy (non-hydrogen) atoms. The van der Waals surface area contributed by atoms with Gasteiger partial charge < -0.3 is 10.2 Å². The Balaban J connectivity index is 1.50. The number of hydrogen-bond donors (Lipinski definition) is 1. The summed E-state index contributed by atoms with van der Waals surface area (Å²) >= 11 is 0. The van der Waals surface area contributed by atoms with E-state index in [1.165, 1.54) is 23.4 Å². The average Bonchev–Trinajstić information content (AvgIpc) is 3.16. The summed E-state index contributed by atoms with van der Waals surface area (Å²) in [6.45, 7) is 1.02. The molecule has 0 aliphatic carbocycles. The van der Waals surface area contributed by atoms with E-state index in [0.717, 1.165) is 17.2 Å². The van der Waals surface area contributed by atoms with Crippen LogP contribution in [0.1, 0.15) is 16.7 Å². The first kappa shape index (κ1) is 18.5. The molecule has 1 N–H and O–H groups in total. The van der Waals surface area contributed by atoms with Gasteiger partial charge in [0, 0.05) is 31.8 Å². The van der Waals surface area contributed by atoms with Gasteiger partial charge in [-0.1, -0.05) is 30.3 Å². The minimum absolute atomic E-state index is 0.0504. The summed E-state index contributed by atoms with van der Waals surface area (Å²) in [5.74, 6) is -1.31. The number of carbonyl (C=O) groups excluding carboxylic acids is 1. The first-order valence-corrected chi connectivity index (χ1v) is 8.34. The maximum Gasteiger partial charge on any atom is 0.317 e. The smallest absolute Gasteiger partial charge is 0.317 e. The van der Waals surface area contributed by atoms with E-state index in [4.69, 9.17) is 0 Å². The van der Waals surface area contributed by atoms with Crippen molar-refractivity contribution in [3.8, 4) is 0 Å². The third-order valence-corrected chi connectivity index (χ3v) is 4.05. The average molecular weight is 371 g/mol. The number of nitrogens with one attached hydrogen (secondary N) is 1. The molecule has 0 saturated heterocycles. The van der Waals surface area contributed by atoms with Crippen LogP contribution in [0.15, 0.2) is 55.1 Å². The summed E-state index contributed by atoms with van der Waals surface area (Å²) < 4.78 is 28.4. The number of urea groups is 1. The van der Waals surface area contributed by atoms with E-state index in [1.54, 1.807) is 18.1 Å². The molecular formula is C19H19F2N5O. The molecule has 3 aromatic rings. The molecule has 2 aromatic carbocycles. The maximum atomic E-state index is 13.7. The van der Waals surface area contributed by atoms with Crippen molar-refractivity contribution >= 4 is 6.03 Å². The molecule has 0 unspecified atom stereocenters. The topological polar surface area (TPSA) is 63.1 Å². The van der Waals surface area contributed by atoms with Crippen molar-refractivity contribution < 1.29 is 13.6 Å². The summed E-state index contributed by atoms with van der Waals surface area (Å²) in [5, 5.41) is 6.83. The van der Waals surface area contributed by atoms with Crippen molar-refractivity contribution in [2.75, 3.05) is 7.05 Å². The Morgan fingerprint density at radius 3 is 2.56 bits per heavy atom. The summed E-state index contributed by atoms with van der Waals surface area (Å²) in [5.41, 5.74) is 2.26. The normalized spacial score (nSPS) is 10.6. The van der Waals surface area contributed by atoms with E-state index in [9.17, 15) is 13.6 Å². The molecule has 0 fully saturated rings. The van der Waals surface area contributed by atoms with Crippen molar-refractivity contribution in [2.24, 2.45) is 0 Å². The molecule has 0 aliphatic rings. The van der Waals surface area contributed by atoms with Crippen LogP contribution in [0.3, 0.4) is 0 Å². The van der Waals surface area contributed by atoms with Gasteiger partial charge in [0.25, 0.3) is 0 Å². The quantitative estimate of drug-likeness (QED) is 0.725. The molecule has 0 aliphatic heterocycles. The number of benzene rings is 2. The first-order valence-electron chi connectivity index (χ1n) is 8.34. The Kier molecular flexibility index (Phi) is 5.75. The van der Waals surface area contributed by atoms with E-state index in [2.05, 4.69) is 15.4 Å². The monoisotopic (exact) mass is 371 g/mol. The zero-order chi connectivity index (χ0) is 19.2. The molecule has 3 rings (SSSR count). The first-order chi connectivity index (χ1) is 13.0. The lowest BCUT2D eigenvalue weighted by atomic mass is 10.1. The number of hydrogen-bond acceptors (Lipinski definition) is 3. The number of rotatable bonds is 6. The molecule has 0 spiro atoms. The lowest BCUT2D eigenvalue weighted by Crippen LogP contribution is -2.36. The lowest BCUT2D eigenvalue weighted by Gasteiger charge is -2.18. The highest BCUT2D eigenvalue weighted by atomic mass is 19.1. The highest BCUT2D eigenvalue weighted by Crippen LogP contribution is 2.12. The number of carbonyl (C=O) groups is 1. The van der Waals surface area contributed by atoms with Gasteiger partial charge in [0.15, 0.2) is 0 Å². The van der Waals surface area contributed by atoms with Crippen LogP contribution in [0, 0.1) is 11.6 Å². The van der Waals surface area contributed by atoms with Gasteiger partial charge in [-0.3, -0.25) is 0 Å². The van der Waals surface area contributed by atoms with Crippen molar-refractivity contribution in [1.82, 2.24) is 25.0 Å². The summed E-state index contributed by atoms with van der Waals surface area (Å²) in [6.07, 6.45) is 3.13. The second-order valence-corrected chi connectivity index (χ2v) is 6.16. The Morgan fingerprint density at radius 1 is 1.15 bits per heavy atom. The fourth-order valence-corrected chi connectivity index (χ4v) is 2.55. The van der Waals surface area contributed by atoms with Crippen molar-refractivity contribution in [1.29, 1.82) is 0 Å². The minimum atomic E-state index is -0.669. The molecular weight excluding hydrogens is 352 g/mol. The number of amides is 2. The van der Waals surface area contributed by atoms with Crippen LogP contribution in [-0.2, 0) is 19.6 Å². The predicted octanol–water partition coefficient (Wildman–Crippen LogP) is 2.95. The Bertz CT molecular complexity index is 897. The van der Waals surface area contributed by atoms with Gasteiger partial charge in [0.05, 0.1) is 6.54 Å². The van der Waals surface area contributed by atoms with Crippen LogP contribution in [-0.4, -0.2) is 32.7 Å². The van der Waals surface area contributed by atoms with Crippen LogP contribution < -0.4 is 5.32 Å². The van der Waals surface area contributed by atoms with Gasteiger partial charge in [0.1, 0.15) is 24.3 Å². The zero-order valence-corrected chi connectivity index (χ0v) is 14.8. The zero-order valence-electron chi connectivity index (χ0n) is 14.8. The summed E-state index contributed by atoms with van der Waals surface area (Å²) in [6, 6.07) is 10.7. The van der Waals surface area contributed by atoms with Crippen LogP contribution in [0.2, 0.25) is 0 Å². The van der Waals surface area contributed by atoms with Crippen LogP contribution in [0.25, 0.3) is 0 Å². The molecule has 2 amide bonds. The van der Waals surface area contributed by atoms with E-state index in [-0.39, 0.29) is 18.1 Å². The van der Waals surface area contributed by atoms with Crippen molar-refractivity contribution in [3.63, 3.8) is 0 Å². The Labute approximate surface area is 155 Å². The highest BCUT2D eigenvalue weighted by Gasteiger charge is 2.12. The molecule has 1 aromatic heterocycles. The predicted molar refractivity (Wildman–Crippen MR) is 95.6 cm³/mol. The standard InChI is InChI=1S/C19H19F2N5O/c1-25(11-16-6-7-17(20)8-18(16)21)19(27)23-9-14-2-4-15(5-3-14)10-26-13-22-12-24-26/h2-8,12-13H,9-11H2,1H3,(H,23,27). The lowest BCUT2D eigenvalue weighted by molar-refractivity contribution is 0.206. The van der Waals surface area contributed by atoms with Gasteiger partial charge >= 0.3 is 6.03 Å². The molecule has 0 radical (unpaired) electrons. The number of aromatic nitrogens is 3. The molecule has 1 heterocycles. The van der Waals surface area contributed by atoms with Gasteiger partial charge in [0.2, 0.25) is 0 Å². The van der Waals surface area contributed by atoms with Crippen LogP contribution in [0.4, 0.5) is 13.6 Å². The molecule has 8 heteroatoms. The van der Waals surface area contributed by atoms with Gasteiger partial charge in [-0.15, -0.1) is 0 Å². The molecule has 0 atom stereocenters. The second kappa shape index (κ2) is 8.39. The van der Waals surface area contributed by atoms with Crippen LogP contribution >= 0.6 is 0 Å². The molecule has 6 nitrogen and oxygen atoms in total. The Morgan fingerprint density at radius 2 is 1.89 bits per heavy atom. The highest BCUT2D eigenvalue weighted by molar-refractivity contribution is 5.73. The Hall–Kier alpha value is -3.29. The largest absolute Gasteiger partial charge is 0.334 e. The van der Waals surface area contributed by atoms with Crippen molar-refractivity contribution in [2.45, 2.75) is 19.6 Å². The van der Waals surface area contributed by atoms with Crippen molar-refractivity contribution in [3.05, 3.63) is 83.4 Å². The third kappa shape index (κ3) is 5.10. The van der Waals surface area contributed by atoms with E-state index < -0.39 is 11.6 Å². The summed E-state index contributed by atoms with van der Waals surface area (Å²) in [7, 11) is 1.55. The SMILES string of the molecule is CN(Cc1ccc(F)cc1F)C(=O)NCc1ccc(Cn2cncn2)cc1. The second-order valence-electron chi connectivity index (χ2n) is 6.16. The molecule has 0 saturated carbocycles. The van der Waals surface area contributed by atoms with Crippen LogP contribution in [0.5, 0.6) is 0 Å². The number of halogens is 2. The van der Waals surface area contributed by atoms with E-state index >= 15 is 0 Å². The number of nitrogens with zero attached hydrogens (tertiary/aromatic N) is 4. The van der Waals surface area contributed by atoms with Gasteiger partial charge in [-0.2, -0.15) is 5.10 Å². The van der Waals surface area contributed by atoms with Gasteiger partial charge in [-0.05, 0) is 17.2 Å². The maximum absolute atomic E-state index is 13.7. The third-order valence-electron chi connectivity index (χ3n) is 4.05. The minimum Gasteiger partial charge on any atom is -0.334 e. The fourth-order valence-electron chi connectivity index (χ4n) is 2.55. The van der Waals surface area contributed by atoms with Gasteiger partial charge in [-0.25, -0.2) is 23.2 Å². The summed E-state index contributed by atoms with van der Waals surface area (Å²) in [4.78, 5) is 17.4. The van der Waals surface area contributed by atoms with E-state index in [1.807, 2.05) is 24.3 Å². The molecule has 0 bridgehead atoms. The molecule has 140 valence electrons. The van der Waals surface area contributed by atoms with E-state index in [0.29, 0.717) is 13.1 Å².